The maximum absolute atomic E-state index is 5.74. The van der Waals surface area contributed by atoms with Crippen LogP contribution in [0.3, 0.4) is 0 Å². The minimum absolute atomic E-state index is 0.572. The maximum atomic E-state index is 5.74. The monoisotopic (exact) mass is 340 g/mol. The largest absolute Gasteiger partial charge is 0.361 e. The van der Waals surface area contributed by atoms with Gasteiger partial charge in [0.1, 0.15) is 17.9 Å². The maximum Gasteiger partial charge on any atom is 0.252 e. The van der Waals surface area contributed by atoms with Gasteiger partial charge in [-0.15, -0.1) is 5.10 Å². The predicted octanol–water partition coefficient (Wildman–Crippen LogP) is 3.34. The summed E-state index contributed by atoms with van der Waals surface area (Å²) in [7, 11) is 0. The molecule has 1 N–H and O–H groups in total. The van der Waals surface area contributed by atoms with Crippen LogP contribution in [-0.2, 0) is 18.1 Å². The fraction of sp³-hybridized carbons (Fsp3) is 0.421. The van der Waals surface area contributed by atoms with E-state index >= 15 is 0 Å². The first-order valence-electron chi connectivity index (χ1n) is 8.96. The molecule has 0 amide bonds. The Morgan fingerprint density at radius 3 is 2.96 bits per heavy atom. The molecule has 0 aliphatic heterocycles. The molecule has 0 fully saturated rings. The molecule has 0 aliphatic rings. The molecule has 132 valence electrons. The average Bonchev–Trinajstić information content (AvgIpc) is 3.06. The summed E-state index contributed by atoms with van der Waals surface area (Å²) >= 11 is 0. The van der Waals surface area contributed by atoms with Crippen LogP contribution in [0.15, 0.2) is 48.8 Å². The van der Waals surface area contributed by atoms with Gasteiger partial charge >= 0.3 is 0 Å². The van der Waals surface area contributed by atoms with E-state index in [4.69, 9.17) is 4.74 Å². The Labute approximate surface area is 148 Å². The summed E-state index contributed by atoms with van der Waals surface area (Å²) in [5.41, 5.74) is 2.95. The topological polar surface area (TPSA) is 55.9 Å². The van der Waals surface area contributed by atoms with Crippen molar-refractivity contribution in [2.75, 3.05) is 11.9 Å². The van der Waals surface area contributed by atoms with Gasteiger partial charge in [-0.25, -0.2) is 4.68 Å². The summed E-state index contributed by atoms with van der Waals surface area (Å²) in [6.45, 7) is 4.18. The molecule has 0 unspecified atom stereocenters. The molecule has 3 aromatic rings. The molecule has 6 nitrogen and oxygen atoms in total. The molecular weight excluding hydrogens is 314 g/mol. The molecule has 0 aliphatic carbocycles. The Morgan fingerprint density at radius 2 is 2.04 bits per heavy atom. The van der Waals surface area contributed by atoms with E-state index in [2.05, 4.69) is 22.6 Å². The molecule has 0 atom stereocenters. The van der Waals surface area contributed by atoms with E-state index in [1.807, 2.05) is 58.0 Å². The lowest BCUT2D eigenvalue weighted by molar-refractivity contribution is -0.732. The minimum Gasteiger partial charge on any atom is -0.361 e. The van der Waals surface area contributed by atoms with Gasteiger partial charge in [0.15, 0.2) is 12.4 Å². The molecule has 6 heteroatoms. The van der Waals surface area contributed by atoms with E-state index in [0.29, 0.717) is 13.4 Å². The van der Waals surface area contributed by atoms with Crippen LogP contribution in [0.4, 0.5) is 5.69 Å². The Balaban J connectivity index is 1.50. The van der Waals surface area contributed by atoms with Gasteiger partial charge in [0.05, 0.1) is 12.1 Å². The first-order chi connectivity index (χ1) is 12.4. The molecule has 2 aromatic heterocycles. The van der Waals surface area contributed by atoms with Crippen molar-refractivity contribution in [2.45, 2.75) is 46.0 Å². The highest BCUT2D eigenvalue weighted by molar-refractivity contribution is 5.73. The van der Waals surface area contributed by atoms with Crippen molar-refractivity contribution in [3.8, 4) is 0 Å². The van der Waals surface area contributed by atoms with E-state index in [9.17, 15) is 0 Å². The van der Waals surface area contributed by atoms with Crippen molar-refractivity contribution in [2.24, 2.45) is 0 Å². The Morgan fingerprint density at radius 1 is 1.12 bits per heavy atom. The summed E-state index contributed by atoms with van der Waals surface area (Å²) in [6.07, 6.45) is 8.98. The fourth-order valence-corrected chi connectivity index (χ4v) is 2.71. The minimum atomic E-state index is 0.572. The number of benzene rings is 1. The Bertz CT molecular complexity index is 786. The summed E-state index contributed by atoms with van der Waals surface area (Å²) in [6, 6.07) is 12.0. The van der Waals surface area contributed by atoms with Crippen LogP contribution in [0.2, 0.25) is 0 Å². The van der Waals surface area contributed by atoms with E-state index in [1.165, 1.54) is 19.3 Å². The van der Waals surface area contributed by atoms with Crippen molar-refractivity contribution in [3.05, 3.63) is 48.8 Å². The van der Waals surface area contributed by atoms with Crippen LogP contribution < -0.4 is 9.88 Å². The SMILES string of the molecule is CCCCCCOC[n+]1cccc(NCn2nnc3ccccc32)c1. The van der Waals surface area contributed by atoms with Crippen LogP contribution >= 0.6 is 0 Å². The van der Waals surface area contributed by atoms with Crippen LogP contribution in [0, 0.1) is 0 Å². The van der Waals surface area contributed by atoms with Gasteiger partial charge in [-0.2, -0.15) is 4.57 Å². The lowest BCUT2D eigenvalue weighted by Crippen LogP contribution is -2.34. The number of unbranched alkanes of at least 4 members (excludes halogenated alkanes) is 3. The number of nitrogens with one attached hydrogen (secondary N) is 1. The number of hydrogen-bond donors (Lipinski definition) is 1. The lowest BCUT2D eigenvalue weighted by atomic mass is 10.2. The molecule has 25 heavy (non-hydrogen) atoms. The quantitative estimate of drug-likeness (QED) is 0.454. The molecule has 0 radical (unpaired) electrons. The number of anilines is 1. The standard InChI is InChI=1S/C19H26N5O/c1-2-3-4-7-13-25-16-23-12-8-9-17(14-23)20-15-24-19-11-6-5-10-18(19)21-22-24/h5-6,8-12,14,20H,2-4,7,13,15-16H2,1H3/q+1. The molecule has 0 spiro atoms. The summed E-state index contributed by atoms with van der Waals surface area (Å²) in [4.78, 5) is 0. The zero-order valence-electron chi connectivity index (χ0n) is 14.8. The summed E-state index contributed by atoms with van der Waals surface area (Å²) in [5, 5.41) is 11.7. The molecular formula is C19H26N5O+. The number of ether oxygens (including phenoxy) is 1. The third kappa shape index (κ3) is 5.00. The zero-order chi connectivity index (χ0) is 17.3. The third-order valence-corrected chi connectivity index (χ3v) is 4.09. The van der Waals surface area contributed by atoms with Gasteiger partial charge in [0.25, 0.3) is 6.73 Å². The zero-order valence-corrected chi connectivity index (χ0v) is 14.8. The van der Waals surface area contributed by atoms with Gasteiger partial charge in [-0.05, 0) is 24.6 Å². The van der Waals surface area contributed by atoms with Crippen LogP contribution in [0.5, 0.6) is 0 Å². The molecule has 0 bridgehead atoms. The van der Waals surface area contributed by atoms with Crippen molar-refractivity contribution >= 4 is 16.7 Å². The third-order valence-electron chi connectivity index (χ3n) is 4.09. The molecule has 1 aromatic carbocycles. The average molecular weight is 340 g/mol. The molecule has 0 saturated heterocycles. The van der Waals surface area contributed by atoms with E-state index in [1.54, 1.807) is 0 Å². The molecule has 3 rings (SSSR count). The van der Waals surface area contributed by atoms with Gasteiger partial charge in [0.2, 0.25) is 0 Å². The summed E-state index contributed by atoms with van der Waals surface area (Å²) < 4.78 is 9.64. The summed E-state index contributed by atoms with van der Waals surface area (Å²) in [5.74, 6) is 0. The van der Waals surface area contributed by atoms with Gasteiger partial charge < -0.3 is 10.1 Å². The van der Waals surface area contributed by atoms with E-state index in [-0.39, 0.29) is 0 Å². The highest BCUT2D eigenvalue weighted by Gasteiger charge is 2.05. The smallest absolute Gasteiger partial charge is 0.252 e. The van der Waals surface area contributed by atoms with Gasteiger partial charge in [-0.3, -0.25) is 0 Å². The van der Waals surface area contributed by atoms with Crippen LogP contribution in [0.25, 0.3) is 11.0 Å². The second-order valence-corrected chi connectivity index (χ2v) is 6.12. The van der Waals surface area contributed by atoms with Crippen molar-refractivity contribution in [1.82, 2.24) is 15.0 Å². The molecule has 2 heterocycles. The Hall–Kier alpha value is -2.47. The van der Waals surface area contributed by atoms with Crippen LogP contribution in [-0.4, -0.2) is 21.6 Å². The van der Waals surface area contributed by atoms with E-state index in [0.717, 1.165) is 29.7 Å². The number of rotatable bonds is 10. The number of para-hydroxylation sites is 1. The second-order valence-electron chi connectivity index (χ2n) is 6.12. The highest BCUT2D eigenvalue weighted by atomic mass is 16.5. The highest BCUT2D eigenvalue weighted by Crippen LogP contribution is 2.10. The van der Waals surface area contributed by atoms with Crippen molar-refractivity contribution < 1.29 is 9.30 Å². The number of nitrogens with zero attached hydrogens (tertiary/aromatic N) is 4. The number of aromatic nitrogens is 4. The molecule has 0 saturated carbocycles. The number of fused-ring (bicyclic) bond motifs is 1. The van der Waals surface area contributed by atoms with Crippen LogP contribution in [0.1, 0.15) is 32.6 Å². The lowest BCUT2D eigenvalue weighted by Gasteiger charge is -2.06. The van der Waals surface area contributed by atoms with E-state index < -0.39 is 0 Å². The number of pyridine rings is 1. The predicted molar refractivity (Wildman–Crippen MR) is 97.9 cm³/mol. The second kappa shape index (κ2) is 9.13. The van der Waals surface area contributed by atoms with Gasteiger partial charge in [-0.1, -0.05) is 43.5 Å². The first-order valence-corrected chi connectivity index (χ1v) is 8.96. The normalized spacial score (nSPS) is 11.1. The van der Waals surface area contributed by atoms with Crippen molar-refractivity contribution in [3.63, 3.8) is 0 Å². The first kappa shape index (κ1) is 17.4. The fourth-order valence-electron chi connectivity index (χ4n) is 2.71. The Kier molecular flexibility index (Phi) is 6.34. The number of hydrogen-bond acceptors (Lipinski definition) is 4. The van der Waals surface area contributed by atoms with Crippen molar-refractivity contribution in [1.29, 1.82) is 0 Å². The van der Waals surface area contributed by atoms with Gasteiger partial charge in [0, 0.05) is 6.07 Å².